The number of rotatable bonds is 4. The zero-order chi connectivity index (χ0) is 18.1. The van der Waals surface area contributed by atoms with E-state index in [4.69, 9.17) is 10.7 Å². The number of amides is 1. The van der Waals surface area contributed by atoms with Crippen molar-refractivity contribution in [2.75, 3.05) is 19.6 Å². The van der Waals surface area contributed by atoms with Gasteiger partial charge in [0.15, 0.2) is 0 Å². The van der Waals surface area contributed by atoms with E-state index in [0.29, 0.717) is 10.2 Å². The first-order valence-corrected chi connectivity index (χ1v) is 9.60. The van der Waals surface area contributed by atoms with Crippen LogP contribution in [0.25, 0.3) is 5.41 Å². The zero-order valence-electron chi connectivity index (χ0n) is 14.1. The van der Waals surface area contributed by atoms with E-state index in [9.17, 15) is 4.79 Å². The van der Waals surface area contributed by atoms with E-state index in [1.807, 2.05) is 29.5 Å². The molecular formula is C17H21N4OSSe. The average Bonchev–Trinajstić information content (AvgIpc) is 3.10. The molecule has 0 aromatic carbocycles. The number of aliphatic imine (C=N–C) groups is 1. The summed E-state index contributed by atoms with van der Waals surface area (Å²) >= 11 is 4.04. The number of quaternary nitrogens is 1. The fourth-order valence-electron chi connectivity index (χ4n) is 2.44. The molecule has 0 spiro atoms. The van der Waals surface area contributed by atoms with Crippen molar-refractivity contribution in [3.8, 4) is 6.07 Å². The van der Waals surface area contributed by atoms with Gasteiger partial charge in [0.25, 0.3) is 0 Å². The Bertz CT molecular complexity index is 662. The van der Waals surface area contributed by atoms with Crippen LogP contribution in [0.5, 0.6) is 0 Å². The van der Waals surface area contributed by atoms with Crippen LogP contribution in [-0.4, -0.2) is 52.0 Å². The zero-order valence-corrected chi connectivity index (χ0v) is 16.6. The van der Waals surface area contributed by atoms with Crippen molar-refractivity contribution in [3.63, 3.8) is 0 Å². The molecule has 24 heavy (non-hydrogen) atoms. The average molecular weight is 408 g/mol. The molecule has 1 aliphatic heterocycles. The van der Waals surface area contributed by atoms with Gasteiger partial charge in [-0.3, -0.25) is 0 Å². The summed E-state index contributed by atoms with van der Waals surface area (Å²) in [7, 11) is 0. The topological polar surface area (TPSA) is 80.0 Å². The number of nitrogens with one attached hydrogen (secondary N) is 1. The van der Waals surface area contributed by atoms with E-state index in [-0.39, 0.29) is 0 Å². The summed E-state index contributed by atoms with van der Waals surface area (Å²) in [4.78, 5) is 17.9. The molecule has 0 fully saturated rings. The number of carbonyl (C=O) groups is 1. The second-order valence-corrected chi connectivity index (χ2v) is 6.98. The van der Waals surface area contributed by atoms with Gasteiger partial charge in [0.05, 0.1) is 19.6 Å². The molecule has 2 rings (SSSR count). The SMILES string of the molecule is CC[NH+](CC)CC.N#CC1C(=O)N=C([Se])C(=C=[N-])C1c1cccs1. The predicted octanol–water partition coefficient (Wildman–Crippen LogP) is 1.18. The third-order valence-electron chi connectivity index (χ3n) is 3.96. The molecule has 1 aliphatic rings. The molecule has 7 heteroatoms. The maximum absolute atomic E-state index is 11.7. The first-order valence-electron chi connectivity index (χ1n) is 7.87. The molecule has 5 nitrogen and oxygen atoms in total. The first-order chi connectivity index (χ1) is 11.5. The standard InChI is InChI=1S/C11H5N3OSSe.C6H15N/c12-4-6-9(8-2-1-3-16-8)7(5-13)11(17)14-10(6)15;1-4-7(5-2)6-3/h1-3,6,9H;4-6H2,1-3H3/q-1;/p+1. The fourth-order valence-corrected chi connectivity index (χ4v) is 3.87. The first kappa shape index (κ1) is 20.5. The monoisotopic (exact) mass is 409 g/mol. The molecule has 0 saturated heterocycles. The Kier molecular flexibility index (Phi) is 8.84. The van der Waals surface area contributed by atoms with Gasteiger partial charge in [-0.2, -0.15) is 0 Å². The van der Waals surface area contributed by atoms with Crippen LogP contribution in [0.2, 0.25) is 0 Å². The number of hydrogen-bond acceptors (Lipinski definition) is 3. The predicted molar refractivity (Wildman–Crippen MR) is 98.8 cm³/mol. The van der Waals surface area contributed by atoms with Gasteiger partial charge in [0, 0.05) is 0 Å². The molecular weight excluding hydrogens is 387 g/mol. The van der Waals surface area contributed by atoms with Gasteiger partial charge < -0.3 is 4.90 Å². The third kappa shape index (κ3) is 4.98. The molecule has 1 radical (unpaired) electrons. The van der Waals surface area contributed by atoms with Crippen molar-refractivity contribution < 1.29 is 9.69 Å². The van der Waals surface area contributed by atoms with E-state index in [0.717, 1.165) is 4.88 Å². The van der Waals surface area contributed by atoms with Crippen LogP contribution in [0.1, 0.15) is 31.6 Å². The molecule has 127 valence electrons. The van der Waals surface area contributed by atoms with Crippen molar-refractivity contribution in [3.05, 3.63) is 33.4 Å². The van der Waals surface area contributed by atoms with E-state index >= 15 is 0 Å². The van der Waals surface area contributed by atoms with Crippen LogP contribution in [0.3, 0.4) is 0 Å². The molecule has 2 atom stereocenters. The maximum atomic E-state index is 11.7. The molecule has 1 aromatic rings. The second kappa shape index (κ2) is 10.4. The third-order valence-corrected chi connectivity index (χ3v) is 5.57. The number of carbonyl (C=O) groups excluding carboxylic acids is 1. The summed E-state index contributed by atoms with van der Waals surface area (Å²) in [6.45, 7) is 10.5. The van der Waals surface area contributed by atoms with Crippen molar-refractivity contribution in [2.24, 2.45) is 10.9 Å². The van der Waals surface area contributed by atoms with E-state index in [2.05, 4.69) is 41.8 Å². The minimum atomic E-state index is -0.902. The molecule has 2 heterocycles. The molecule has 1 N–H and O–H groups in total. The van der Waals surface area contributed by atoms with Gasteiger partial charge in [0.1, 0.15) is 0 Å². The Morgan fingerprint density at radius 1 is 1.38 bits per heavy atom. The van der Waals surface area contributed by atoms with Gasteiger partial charge in [-0.15, -0.1) is 0 Å². The van der Waals surface area contributed by atoms with E-state index in [1.54, 1.807) is 4.90 Å². The molecule has 1 amide bonds. The number of allylic oxidation sites excluding steroid dienone is 1. The summed E-state index contributed by atoms with van der Waals surface area (Å²) < 4.78 is 0.294. The molecule has 1 aromatic heterocycles. The van der Waals surface area contributed by atoms with Crippen LogP contribution >= 0.6 is 11.3 Å². The van der Waals surface area contributed by atoms with Crippen LogP contribution in [0.4, 0.5) is 0 Å². The Hall–Kier alpha value is -1.54. The summed E-state index contributed by atoms with van der Waals surface area (Å²) in [6.07, 6.45) is 0. The molecule has 0 bridgehead atoms. The number of thiophene rings is 1. The number of nitrogens with zero attached hydrogens (tertiary/aromatic N) is 3. The normalized spacial score (nSPS) is 19.9. The van der Waals surface area contributed by atoms with Crippen LogP contribution in [0.15, 0.2) is 28.1 Å². The summed E-state index contributed by atoms with van der Waals surface area (Å²) in [5.41, 5.74) is 0.360. The van der Waals surface area contributed by atoms with Crippen LogP contribution in [-0.2, 0) is 4.79 Å². The van der Waals surface area contributed by atoms with Gasteiger partial charge in [-0.25, -0.2) is 0 Å². The Morgan fingerprint density at radius 2 is 2.00 bits per heavy atom. The second-order valence-electron chi connectivity index (χ2n) is 5.19. The van der Waals surface area contributed by atoms with E-state index in [1.165, 1.54) is 31.0 Å². The van der Waals surface area contributed by atoms with Gasteiger partial charge >= 0.3 is 110 Å². The summed E-state index contributed by atoms with van der Waals surface area (Å²) in [5.74, 6) is 0.151. The fraction of sp³-hybridized carbons (Fsp3) is 0.471. The molecule has 0 saturated carbocycles. The van der Waals surface area contributed by atoms with Crippen molar-refractivity contribution >= 4 is 43.7 Å². The van der Waals surface area contributed by atoms with Crippen molar-refractivity contribution in [2.45, 2.75) is 26.7 Å². The minimum absolute atomic E-state index is 0.294. The molecule has 2 unspecified atom stereocenters. The van der Waals surface area contributed by atoms with Crippen LogP contribution < -0.4 is 4.90 Å². The summed E-state index contributed by atoms with van der Waals surface area (Å²) in [6, 6.07) is 5.60. The van der Waals surface area contributed by atoms with Crippen LogP contribution in [0, 0.1) is 17.2 Å². The van der Waals surface area contributed by atoms with E-state index < -0.39 is 17.7 Å². The van der Waals surface area contributed by atoms with Crippen molar-refractivity contribution in [1.29, 1.82) is 5.26 Å². The molecule has 0 aliphatic carbocycles. The summed E-state index contributed by atoms with van der Waals surface area (Å²) in [5, 5.41) is 20.0. The quantitative estimate of drug-likeness (QED) is 0.600. The van der Waals surface area contributed by atoms with Crippen molar-refractivity contribution in [1.82, 2.24) is 0 Å². The van der Waals surface area contributed by atoms with Gasteiger partial charge in [-0.05, 0) is 20.8 Å². The number of hydrogen-bond donors (Lipinski definition) is 1. The van der Waals surface area contributed by atoms with Gasteiger partial charge in [-0.1, -0.05) is 0 Å². The Labute approximate surface area is 155 Å². The van der Waals surface area contributed by atoms with Gasteiger partial charge in [0.2, 0.25) is 0 Å². The Morgan fingerprint density at radius 3 is 2.38 bits per heavy atom. The Balaban J connectivity index is 0.000000351. The number of nitriles is 1.